The molecule has 1 aromatic carbocycles. The molecule has 0 spiro atoms. The topological polar surface area (TPSA) is 49.3 Å². The van der Waals surface area contributed by atoms with Crippen molar-refractivity contribution in [3.05, 3.63) is 29.3 Å². The van der Waals surface area contributed by atoms with E-state index in [1.165, 1.54) is 19.3 Å². The second-order valence-electron chi connectivity index (χ2n) is 4.49. The van der Waals surface area contributed by atoms with Crippen molar-refractivity contribution in [1.29, 1.82) is 0 Å². The van der Waals surface area contributed by atoms with Crippen molar-refractivity contribution >= 4 is 11.7 Å². The number of hydrogen-bond donors (Lipinski definition) is 2. The number of rotatable bonds is 5. The maximum absolute atomic E-state index is 10.8. The zero-order valence-corrected chi connectivity index (χ0v) is 9.49. The third kappa shape index (κ3) is 2.75. The summed E-state index contributed by atoms with van der Waals surface area (Å²) in [5.41, 5.74) is 2.21. The van der Waals surface area contributed by atoms with Gasteiger partial charge >= 0.3 is 5.97 Å². The van der Waals surface area contributed by atoms with Gasteiger partial charge in [0.05, 0.1) is 5.56 Å². The molecule has 16 heavy (non-hydrogen) atoms. The van der Waals surface area contributed by atoms with E-state index in [1.807, 2.05) is 19.1 Å². The van der Waals surface area contributed by atoms with Gasteiger partial charge in [0.25, 0.3) is 0 Å². The van der Waals surface area contributed by atoms with Crippen molar-refractivity contribution in [3.63, 3.8) is 0 Å². The van der Waals surface area contributed by atoms with Gasteiger partial charge in [-0.1, -0.05) is 12.8 Å². The normalized spacial score (nSPS) is 14.8. The zero-order valence-electron chi connectivity index (χ0n) is 9.49. The van der Waals surface area contributed by atoms with Crippen LogP contribution >= 0.6 is 0 Å². The van der Waals surface area contributed by atoms with Gasteiger partial charge in [0.15, 0.2) is 0 Å². The molecule has 0 unspecified atom stereocenters. The van der Waals surface area contributed by atoms with Crippen LogP contribution in [0.1, 0.15) is 35.2 Å². The van der Waals surface area contributed by atoms with Gasteiger partial charge in [0.1, 0.15) is 0 Å². The lowest BCUT2D eigenvalue weighted by Crippen LogP contribution is -2.04. The molecule has 2 rings (SSSR count). The fourth-order valence-electron chi connectivity index (χ4n) is 1.84. The zero-order chi connectivity index (χ0) is 11.5. The molecule has 86 valence electrons. The number of hydrogen-bond acceptors (Lipinski definition) is 2. The van der Waals surface area contributed by atoms with Gasteiger partial charge in [0.2, 0.25) is 0 Å². The Kier molecular flexibility index (Phi) is 3.13. The van der Waals surface area contributed by atoms with Crippen LogP contribution in [0.15, 0.2) is 18.2 Å². The van der Waals surface area contributed by atoms with Gasteiger partial charge in [-0.25, -0.2) is 4.79 Å². The van der Waals surface area contributed by atoms with Crippen LogP contribution in [0.2, 0.25) is 0 Å². The van der Waals surface area contributed by atoms with E-state index in [0.717, 1.165) is 23.7 Å². The van der Waals surface area contributed by atoms with E-state index < -0.39 is 5.97 Å². The highest BCUT2D eigenvalue weighted by Crippen LogP contribution is 2.32. The molecule has 1 fully saturated rings. The van der Waals surface area contributed by atoms with Gasteiger partial charge in [0, 0.05) is 12.2 Å². The molecule has 1 aliphatic carbocycles. The third-order valence-electron chi connectivity index (χ3n) is 3.04. The van der Waals surface area contributed by atoms with E-state index in [4.69, 9.17) is 5.11 Å². The maximum Gasteiger partial charge on any atom is 0.335 e. The number of carbonyl (C=O) groups is 1. The molecular formula is C13H17NO2. The molecule has 0 amide bonds. The van der Waals surface area contributed by atoms with Crippen LogP contribution in [-0.2, 0) is 0 Å². The quantitative estimate of drug-likeness (QED) is 0.800. The molecular weight excluding hydrogens is 202 g/mol. The monoisotopic (exact) mass is 219 g/mol. The minimum absolute atomic E-state index is 0.382. The van der Waals surface area contributed by atoms with Crippen molar-refractivity contribution in [2.75, 3.05) is 11.9 Å². The predicted octanol–water partition coefficient (Wildman–Crippen LogP) is 2.91. The van der Waals surface area contributed by atoms with Gasteiger partial charge < -0.3 is 10.4 Å². The fraction of sp³-hybridized carbons (Fsp3) is 0.462. The molecule has 0 heterocycles. The van der Waals surface area contributed by atoms with Gasteiger partial charge in [-0.05, 0) is 43.0 Å². The van der Waals surface area contributed by atoms with Crippen LogP contribution in [-0.4, -0.2) is 17.6 Å². The minimum Gasteiger partial charge on any atom is -0.478 e. The van der Waals surface area contributed by atoms with Crippen molar-refractivity contribution in [2.45, 2.75) is 26.2 Å². The summed E-state index contributed by atoms with van der Waals surface area (Å²) in [6.45, 7) is 2.81. The highest BCUT2D eigenvalue weighted by molar-refractivity contribution is 5.89. The largest absolute Gasteiger partial charge is 0.478 e. The first-order valence-electron chi connectivity index (χ1n) is 5.74. The highest BCUT2D eigenvalue weighted by atomic mass is 16.4. The Morgan fingerprint density at radius 3 is 2.81 bits per heavy atom. The maximum atomic E-state index is 10.8. The molecule has 0 radical (unpaired) electrons. The molecule has 0 bridgehead atoms. The molecule has 1 aliphatic rings. The number of aryl methyl sites for hydroxylation is 1. The first-order chi connectivity index (χ1) is 7.66. The van der Waals surface area contributed by atoms with Crippen LogP contribution in [0.4, 0.5) is 5.69 Å². The van der Waals surface area contributed by atoms with Gasteiger partial charge in [-0.2, -0.15) is 0 Å². The molecule has 0 atom stereocenters. The first-order valence-corrected chi connectivity index (χ1v) is 5.74. The van der Waals surface area contributed by atoms with Crippen molar-refractivity contribution in [2.24, 2.45) is 5.92 Å². The van der Waals surface area contributed by atoms with E-state index in [-0.39, 0.29) is 0 Å². The smallest absolute Gasteiger partial charge is 0.335 e. The summed E-state index contributed by atoms with van der Waals surface area (Å²) in [6.07, 6.45) is 3.97. The second kappa shape index (κ2) is 4.56. The summed E-state index contributed by atoms with van der Waals surface area (Å²) in [5, 5.41) is 12.2. The van der Waals surface area contributed by atoms with Gasteiger partial charge in [-0.3, -0.25) is 0 Å². The summed E-state index contributed by atoms with van der Waals surface area (Å²) < 4.78 is 0. The Balaban J connectivity index is 1.93. The van der Waals surface area contributed by atoms with E-state index in [2.05, 4.69) is 5.32 Å². The Morgan fingerprint density at radius 2 is 2.25 bits per heavy atom. The second-order valence-corrected chi connectivity index (χ2v) is 4.49. The summed E-state index contributed by atoms with van der Waals surface area (Å²) in [6, 6.07) is 5.40. The Morgan fingerprint density at radius 1 is 1.50 bits per heavy atom. The summed E-state index contributed by atoms with van der Waals surface area (Å²) in [4.78, 5) is 10.8. The van der Waals surface area contributed by atoms with E-state index >= 15 is 0 Å². The average molecular weight is 219 g/mol. The third-order valence-corrected chi connectivity index (χ3v) is 3.04. The van der Waals surface area contributed by atoms with E-state index in [0.29, 0.717) is 5.56 Å². The van der Waals surface area contributed by atoms with Crippen molar-refractivity contribution in [3.8, 4) is 0 Å². The van der Waals surface area contributed by atoms with Crippen LogP contribution in [0, 0.1) is 12.8 Å². The first kappa shape index (κ1) is 11.0. The summed E-state index contributed by atoms with van der Waals surface area (Å²) in [7, 11) is 0. The van der Waals surface area contributed by atoms with E-state index in [1.54, 1.807) is 6.07 Å². The minimum atomic E-state index is -0.859. The number of aromatic carboxylic acids is 1. The summed E-state index contributed by atoms with van der Waals surface area (Å²) in [5.74, 6) is 0.0638. The number of nitrogens with one attached hydrogen (secondary N) is 1. The van der Waals surface area contributed by atoms with Crippen molar-refractivity contribution < 1.29 is 9.90 Å². The molecule has 3 heteroatoms. The molecule has 0 aromatic heterocycles. The Hall–Kier alpha value is -1.51. The fourth-order valence-corrected chi connectivity index (χ4v) is 1.84. The summed E-state index contributed by atoms with van der Waals surface area (Å²) >= 11 is 0. The Bertz CT molecular complexity index is 397. The number of carboxylic acids is 1. The number of benzene rings is 1. The lowest BCUT2D eigenvalue weighted by molar-refractivity contribution is 0.0696. The standard InChI is InChI=1S/C13H17NO2/c1-9-8-11(4-5-12(9)13(15)16)14-7-6-10-2-3-10/h4-5,8,10,14H,2-3,6-7H2,1H3,(H,15,16). The Labute approximate surface area is 95.5 Å². The molecule has 2 N–H and O–H groups in total. The SMILES string of the molecule is Cc1cc(NCCC2CC2)ccc1C(=O)O. The molecule has 1 saturated carbocycles. The highest BCUT2D eigenvalue weighted by Gasteiger charge is 2.20. The van der Waals surface area contributed by atoms with Crippen LogP contribution in [0.25, 0.3) is 0 Å². The lowest BCUT2D eigenvalue weighted by atomic mass is 10.1. The lowest BCUT2D eigenvalue weighted by Gasteiger charge is -2.08. The van der Waals surface area contributed by atoms with Crippen LogP contribution in [0.3, 0.4) is 0 Å². The molecule has 3 nitrogen and oxygen atoms in total. The molecule has 0 saturated heterocycles. The van der Waals surface area contributed by atoms with Crippen molar-refractivity contribution in [1.82, 2.24) is 0 Å². The predicted molar refractivity (Wildman–Crippen MR) is 64.0 cm³/mol. The molecule has 0 aliphatic heterocycles. The average Bonchev–Trinajstić information content (AvgIpc) is 3.01. The molecule has 1 aromatic rings. The van der Waals surface area contributed by atoms with Gasteiger partial charge in [-0.15, -0.1) is 0 Å². The number of carboxylic acid groups (broad SMARTS) is 1. The number of anilines is 1. The van der Waals surface area contributed by atoms with Crippen LogP contribution in [0.5, 0.6) is 0 Å². The van der Waals surface area contributed by atoms with Crippen LogP contribution < -0.4 is 5.32 Å². The van der Waals surface area contributed by atoms with E-state index in [9.17, 15) is 4.79 Å².